The largest absolute Gasteiger partial charge is 0.433 e. The summed E-state index contributed by atoms with van der Waals surface area (Å²) in [5, 5.41) is 4.53. The molecule has 0 saturated carbocycles. The monoisotopic (exact) mass is 371 g/mol. The molecular weight excluding hydrogens is 355 g/mol. The van der Waals surface area contributed by atoms with Crippen LogP contribution in [0, 0.1) is 5.92 Å². The molecule has 0 spiro atoms. The lowest BCUT2D eigenvalue weighted by molar-refractivity contribution is -0.141. The first-order valence-electron chi connectivity index (χ1n) is 7.75. The summed E-state index contributed by atoms with van der Waals surface area (Å²) < 4.78 is 38.2. The fourth-order valence-corrected chi connectivity index (χ4v) is 3.18. The molecule has 0 unspecified atom stereocenters. The van der Waals surface area contributed by atoms with Crippen LogP contribution in [0.4, 0.5) is 19.1 Å². The highest BCUT2D eigenvalue weighted by Crippen LogP contribution is 2.29. The van der Waals surface area contributed by atoms with Gasteiger partial charge in [0.1, 0.15) is 11.4 Å². The maximum absolute atomic E-state index is 12.7. The molecule has 2 aromatic rings. The second-order valence-electron chi connectivity index (χ2n) is 5.75. The molecular formula is C15H16F3N5OS. The van der Waals surface area contributed by atoms with Gasteiger partial charge in [0, 0.05) is 31.2 Å². The molecule has 0 aromatic carbocycles. The first-order chi connectivity index (χ1) is 11.9. The molecule has 3 heterocycles. The Hall–Kier alpha value is -2.23. The smallest absolute Gasteiger partial charge is 0.350 e. The molecule has 10 heteroatoms. The van der Waals surface area contributed by atoms with Crippen LogP contribution in [-0.4, -0.2) is 40.5 Å². The van der Waals surface area contributed by atoms with Gasteiger partial charge in [-0.1, -0.05) is 0 Å². The van der Waals surface area contributed by atoms with Gasteiger partial charge in [-0.3, -0.25) is 4.79 Å². The zero-order valence-electron chi connectivity index (χ0n) is 13.2. The van der Waals surface area contributed by atoms with Crippen molar-refractivity contribution in [3.8, 4) is 0 Å². The zero-order chi connectivity index (χ0) is 17.9. The van der Waals surface area contributed by atoms with Crippen LogP contribution in [-0.2, 0) is 6.18 Å². The Morgan fingerprint density at radius 1 is 1.32 bits per heavy atom. The Balaban J connectivity index is 1.51. The highest BCUT2D eigenvalue weighted by molar-refractivity contribution is 7.07. The van der Waals surface area contributed by atoms with Crippen molar-refractivity contribution in [1.29, 1.82) is 0 Å². The van der Waals surface area contributed by atoms with Crippen LogP contribution >= 0.6 is 11.3 Å². The number of hydrogen-bond donors (Lipinski definition) is 1. The Morgan fingerprint density at radius 2 is 2.08 bits per heavy atom. The summed E-state index contributed by atoms with van der Waals surface area (Å²) in [6.45, 7) is 1.63. The minimum atomic E-state index is -4.48. The van der Waals surface area contributed by atoms with E-state index in [-0.39, 0.29) is 17.8 Å². The van der Waals surface area contributed by atoms with Crippen LogP contribution in [0.25, 0.3) is 0 Å². The lowest BCUT2D eigenvalue weighted by Crippen LogP contribution is -2.39. The van der Waals surface area contributed by atoms with Gasteiger partial charge in [0.25, 0.3) is 5.91 Å². The van der Waals surface area contributed by atoms with Gasteiger partial charge in [0.15, 0.2) is 0 Å². The quantitative estimate of drug-likeness (QED) is 0.895. The minimum Gasteiger partial charge on any atom is -0.350 e. The van der Waals surface area contributed by atoms with E-state index in [0.717, 1.165) is 25.1 Å². The average Bonchev–Trinajstić information content (AvgIpc) is 3.14. The van der Waals surface area contributed by atoms with Crippen LogP contribution in [0.15, 0.2) is 23.2 Å². The number of carbonyl (C=O) groups is 1. The Labute approximate surface area is 146 Å². The van der Waals surface area contributed by atoms with E-state index < -0.39 is 11.9 Å². The van der Waals surface area contributed by atoms with E-state index in [9.17, 15) is 18.0 Å². The zero-order valence-corrected chi connectivity index (χ0v) is 14.0. The molecule has 1 amide bonds. The number of halogens is 3. The fraction of sp³-hybridized carbons (Fsp3) is 0.467. The second-order valence-corrected chi connectivity index (χ2v) is 6.47. The van der Waals surface area contributed by atoms with Gasteiger partial charge in [-0.25, -0.2) is 15.0 Å². The topological polar surface area (TPSA) is 71.0 Å². The SMILES string of the molecule is O=C(NCC1CCN(c2nccc(C(F)(F)F)n2)CC1)c1cscn1. The Bertz CT molecular complexity index is 714. The van der Waals surface area contributed by atoms with Gasteiger partial charge in [0.2, 0.25) is 5.95 Å². The van der Waals surface area contributed by atoms with E-state index in [1.54, 1.807) is 15.8 Å². The first-order valence-corrected chi connectivity index (χ1v) is 8.69. The molecule has 1 saturated heterocycles. The molecule has 1 aliphatic heterocycles. The van der Waals surface area contributed by atoms with Crippen molar-refractivity contribution < 1.29 is 18.0 Å². The molecule has 134 valence electrons. The number of rotatable bonds is 4. The third-order valence-corrected chi connectivity index (χ3v) is 4.63. The summed E-state index contributed by atoms with van der Waals surface area (Å²) >= 11 is 1.36. The summed E-state index contributed by atoms with van der Waals surface area (Å²) in [7, 11) is 0. The van der Waals surface area contributed by atoms with Crippen molar-refractivity contribution >= 4 is 23.2 Å². The molecule has 0 aliphatic carbocycles. The van der Waals surface area contributed by atoms with E-state index in [1.807, 2.05) is 0 Å². The number of amides is 1. The highest BCUT2D eigenvalue weighted by Gasteiger charge is 2.33. The van der Waals surface area contributed by atoms with E-state index >= 15 is 0 Å². The Morgan fingerprint density at radius 3 is 2.72 bits per heavy atom. The highest BCUT2D eigenvalue weighted by atomic mass is 32.1. The van der Waals surface area contributed by atoms with Crippen molar-refractivity contribution in [3.63, 3.8) is 0 Å². The molecule has 6 nitrogen and oxygen atoms in total. The van der Waals surface area contributed by atoms with E-state index in [0.29, 0.717) is 25.3 Å². The molecule has 0 radical (unpaired) electrons. The molecule has 0 atom stereocenters. The van der Waals surface area contributed by atoms with Crippen LogP contribution in [0.3, 0.4) is 0 Å². The van der Waals surface area contributed by atoms with Crippen molar-refractivity contribution in [2.45, 2.75) is 19.0 Å². The normalized spacial score (nSPS) is 16.0. The summed E-state index contributed by atoms with van der Waals surface area (Å²) in [5.74, 6) is 0.161. The van der Waals surface area contributed by atoms with Crippen molar-refractivity contribution in [3.05, 3.63) is 34.5 Å². The van der Waals surface area contributed by atoms with Crippen LogP contribution in [0.2, 0.25) is 0 Å². The van der Waals surface area contributed by atoms with Crippen LogP contribution < -0.4 is 10.2 Å². The van der Waals surface area contributed by atoms with Crippen molar-refractivity contribution in [2.75, 3.05) is 24.5 Å². The number of aromatic nitrogens is 3. The number of hydrogen-bond acceptors (Lipinski definition) is 6. The van der Waals surface area contributed by atoms with Gasteiger partial charge in [-0.15, -0.1) is 11.3 Å². The Kier molecular flexibility index (Phi) is 5.16. The van der Waals surface area contributed by atoms with Gasteiger partial charge >= 0.3 is 6.18 Å². The van der Waals surface area contributed by atoms with Crippen LogP contribution in [0.5, 0.6) is 0 Å². The molecule has 0 bridgehead atoms. The number of anilines is 1. The predicted molar refractivity (Wildman–Crippen MR) is 86.4 cm³/mol. The third-order valence-electron chi connectivity index (χ3n) is 4.05. The molecule has 1 aliphatic rings. The van der Waals surface area contributed by atoms with Gasteiger partial charge in [-0.2, -0.15) is 13.2 Å². The van der Waals surface area contributed by atoms with Gasteiger partial charge in [0.05, 0.1) is 5.51 Å². The number of thiazole rings is 1. The number of piperidine rings is 1. The lowest BCUT2D eigenvalue weighted by Gasteiger charge is -2.32. The third kappa shape index (κ3) is 4.44. The van der Waals surface area contributed by atoms with E-state index in [4.69, 9.17) is 0 Å². The van der Waals surface area contributed by atoms with Crippen molar-refractivity contribution in [2.24, 2.45) is 5.92 Å². The predicted octanol–water partition coefficient (Wildman–Crippen LogP) is 2.60. The summed E-state index contributed by atoms with van der Waals surface area (Å²) in [6.07, 6.45) is -1.85. The maximum Gasteiger partial charge on any atom is 0.433 e. The molecule has 1 N–H and O–H groups in total. The summed E-state index contributed by atoms with van der Waals surface area (Å²) in [5.41, 5.74) is 1.07. The first kappa shape index (κ1) is 17.6. The molecule has 1 fully saturated rings. The maximum atomic E-state index is 12.7. The lowest BCUT2D eigenvalue weighted by atomic mass is 9.97. The van der Waals surface area contributed by atoms with E-state index in [1.165, 1.54) is 11.3 Å². The average molecular weight is 371 g/mol. The van der Waals surface area contributed by atoms with Crippen LogP contribution in [0.1, 0.15) is 29.0 Å². The van der Waals surface area contributed by atoms with Gasteiger partial charge < -0.3 is 10.2 Å². The number of nitrogens with one attached hydrogen (secondary N) is 1. The summed E-state index contributed by atoms with van der Waals surface area (Å²) in [4.78, 5) is 25.1. The molecule has 2 aromatic heterocycles. The minimum absolute atomic E-state index is 0.0970. The fourth-order valence-electron chi connectivity index (χ4n) is 2.65. The molecule has 25 heavy (non-hydrogen) atoms. The van der Waals surface area contributed by atoms with Gasteiger partial charge in [-0.05, 0) is 24.8 Å². The number of carbonyl (C=O) groups excluding carboxylic acids is 1. The van der Waals surface area contributed by atoms with Crippen molar-refractivity contribution in [1.82, 2.24) is 20.3 Å². The van der Waals surface area contributed by atoms with E-state index in [2.05, 4.69) is 20.3 Å². The molecule has 3 rings (SSSR count). The standard InChI is InChI=1S/C15H16F3N5OS/c16-15(17,18)12-1-4-19-14(22-12)23-5-2-10(3-6-23)7-20-13(24)11-8-25-9-21-11/h1,4,8-10H,2-3,5-7H2,(H,20,24). The number of nitrogens with zero attached hydrogens (tertiary/aromatic N) is 4. The second kappa shape index (κ2) is 7.34. The number of alkyl halides is 3. The summed E-state index contributed by atoms with van der Waals surface area (Å²) in [6, 6.07) is 0.865.